The molecule has 116 valence electrons. The van der Waals surface area contributed by atoms with E-state index in [0.717, 1.165) is 10.0 Å². The first-order chi connectivity index (χ1) is 11.1. The van der Waals surface area contributed by atoms with Gasteiger partial charge in [0, 0.05) is 4.47 Å². The van der Waals surface area contributed by atoms with E-state index >= 15 is 0 Å². The van der Waals surface area contributed by atoms with Gasteiger partial charge in [-0.15, -0.1) is 0 Å². The predicted octanol–water partition coefficient (Wildman–Crippen LogP) is 2.92. The molecule has 0 saturated carbocycles. The topological polar surface area (TPSA) is 58.6 Å². The minimum absolute atomic E-state index is 0.0844. The van der Waals surface area contributed by atoms with Crippen LogP contribution in [0.15, 0.2) is 58.6 Å². The molecule has 1 aliphatic heterocycles. The number of hydrogen-bond donors (Lipinski definition) is 1. The van der Waals surface area contributed by atoms with Crippen LogP contribution in [-0.4, -0.2) is 18.9 Å². The lowest BCUT2D eigenvalue weighted by Gasteiger charge is -2.14. The molecule has 23 heavy (non-hydrogen) atoms. The molecule has 5 nitrogen and oxygen atoms in total. The quantitative estimate of drug-likeness (QED) is 0.665. The number of anilines is 1. The maximum atomic E-state index is 12.5. The fourth-order valence-electron chi connectivity index (χ4n) is 2.23. The van der Waals surface area contributed by atoms with Gasteiger partial charge >= 0.3 is 0 Å². The summed E-state index contributed by atoms with van der Waals surface area (Å²) in [6, 6.07) is 14.3. The Morgan fingerprint density at radius 1 is 1.13 bits per heavy atom. The van der Waals surface area contributed by atoms with Crippen LogP contribution in [0.1, 0.15) is 5.56 Å². The summed E-state index contributed by atoms with van der Waals surface area (Å²) in [5.74, 6) is -0.157. The lowest BCUT2D eigenvalue weighted by Crippen LogP contribution is -2.35. The van der Waals surface area contributed by atoms with Crippen molar-refractivity contribution in [3.63, 3.8) is 0 Å². The Bertz CT molecular complexity index is 800. The number of amides is 2. The predicted molar refractivity (Wildman–Crippen MR) is 90.7 cm³/mol. The van der Waals surface area contributed by atoms with E-state index in [4.69, 9.17) is 4.74 Å². The molecule has 0 atom stereocenters. The highest BCUT2D eigenvalue weighted by molar-refractivity contribution is 9.10. The van der Waals surface area contributed by atoms with Crippen LogP contribution in [0.3, 0.4) is 0 Å². The number of benzene rings is 2. The van der Waals surface area contributed by atoms with Crippen molar-refractivity contribution in [1.82, 2.24) is 5.43 Å². The standard InChI is InChI=1S/C17H13BrN2O3/c1-23-14-4-2-3-11(9-14)10-15-16(21)19-20(17(15)22)13-7-5-12(18)6-8-13/h2-10H,1H3,(H,19,21)/b15-10+. The zero-order chi connectivity index (χ0) is 16.4. The molecule has 0 aromatic heterocycles. The van der Waals surface area contributed by atoms with Gasteiger partial charge in [0.2, 0.25) is 0 Å². The molecule has 0 radical (unpaired) electrons. The maximum Gasteiger partial charge on any atom is 0.282 e. The summed E-state index contributed by atoms with van der Waals surface area (Å²) in [7, 11) is 1.56. The van der Waals surface area contributed by atoms with Crippen LogP contribution in [-0.2, 0) is 9.59 Å². The number of hydrogen-bond acceptors (Lipinski definition) is 3. The smallest absolute Gasteiger partial charge is 0.282 e. The second-order valence-corrected chi connectivity index (χ2v) is 5.81. The van der Waals surface area contributed by atoms with E-state index in [1.54, 1.807) is 61.7 Å². The average molecular weight is 373 g/mol. The van der Waals surface area contributed by atoms with Crippen molar-refractivity contribution in [2.45, 2.75) is 0 Å². The second-order valence-electron chi connectivity index (χ2n) is 4.89. The van der Waals surface area contributed by atoms with Crippen molar-refractivity contribution in [2.24, 2.45) is 0 Å². The number of nitrogens with one attached hydrogen (secondary N) is 1. The van der Waals surface area contributed by atoms with Gasteiger partial charge in [0.15, 0.2) is 0 Å². The minimum atomic E-state index is -0.430. The largest absolute Gasteiger partial charge is 0.497 e. The summed E-state index contributed by atoms with van der Waals surface area (Å²) in [6.45, 7) is 0. The van der Waals surface area contributed by atoms with Gasteiger partial charge in [-0.05, 0) is 48.0 Å². The second kappa shape index (κ2) is 6.26. The number of rotatable bonds is 3. The van der Waals surface area contributed by atoms with Crippen LogP contribution >= 0.6 is 15.9 Å². The van der Waals surface area contributed by atoms with Crippen LogP contribution < -0.4 is 15.2 Å². The molecule has 2 aromatic carbocycles. The molecule has 1 aliphatic rings. The van der Waals surface area contributed by atoms with Gasteiger partial charge in [-0.1, -0.05) is 28.1 Å². The molecule has 1 saturated heterocycles. The first-order valence-electron chi connectivity index (χ1n) is 6.85. The molecule has 1 N–H and O–H groups in total. The molecule has 0 spiro atoms. The third-order valence-corrected chi connectivity index (χ3v) is 3.91. The maximum absolute atomic E-state index is 12.5. The average Bonchev–Trinajstić information content (AvgIpc) is 2.84. The zero-order valence-electron chi connectivity index (χ0n) is 12.2. The van der Waals surface area contributed by atoms with Crippen molar-refractivity contribution in [2.75, 3.05) is 12.1 Å². The van der Waals surface area contributed by atoms with Crippen molar-refractivity contribution in [3.05, 3.63) is 64.1 Å². The monoisotopic (exact) mass is 372 g/mol. The molecule has 6 heteroatoms. The molecule has 2 aromatic rings. The number of halogens is 1. The number of carbonyl (C=O) groups is 2. The highest BCUT2D eigenvalue weighted by Gasteiger charge is 2.34. The fourth-order valence-corrected chi connectivity index (χ4v) is 2.49. The van der Waals surface area contributed by atoms with Gasteiger partial charge in [-0.25, -0.2) is 5.01 Å². The molecule has 0 unspecified atom stereocenters. The van der Waals surface area contributed by atoms with E-state index in [0.29, 0.717) is 11.4 Å². The molecule has 1 fully saturated rings. The van der Waals surface area contributed by atoms with Gasteiger partial charge in [0.25, 0.3) is 11.8 Å². The van der Waals surface area contributed by atoms with Crippen LogP contribution in [0.2, 0.25) is 0 Å². The van der Waals surface area contributed by atoms with Crippen molar-refractivity contribution < 1.29 is 14.3 Å². The lowest BCUT2D eigenvalue weighted by molar-refractivity contribution is -0.117. The number of ether oxygens (including phenoxy) is 1. The van der Waals surface area contributed by atoms with Crippen LogP contribution in [0.5, 0.6) is 5.75 Å². The Morgan fingerprint density at radius 3 is 2.57 bits per heavy atom. The summed E-state index contributed by atoms with van der Waals surface area (Å²) in [5, 5.41) is 1.24. The van der Waals surface area contributed by atoms with E-state index in [2.05, 4.69) is 21.4 Å². The minimum Gasteiger partial charge on any atom is -0.497 e. The van der Waals surface area contributed by atoms with Crippen molar-refractivity contribution in [3.8, 4) is 5.75 Å². The molecule has 1 heterocycles. The van der Waals surface area contributed by atoms with Crippen molar-refractivity contribution >= 4 is 39.5 Å². The number of nitrogens with zero attached hydrogens (tertiary/aromatic N) is 1. The fraction of sp³-hybridized carbons (Fsp3) is 0.0588. The van der Waals surface area contributed by atoms with E-state index in [1.165, 1.54) is 5.01 Å². The summed E-state index contributed by atoms with van der Waals surface area (Å²) in [5.41, 5.74) is 3.97. The Morgan fingerprint density at radius 2 is 1.87 bits per heavy atom. The summed E-state index contributed by atoms with van der Waals surface area (Å²) in [4.78, 5) is 24.6. The lowest BCUT2D eigenvalue weighted by atomic mass is 10.1. The SMILES string of the molecule is COc1cccc(/C=C2\C(=O)NN(c3ccc(Br)cc3)C2=O)c1. The van der Waals surface area contributed by atoms with Gasteiger partial charge < -0.3 is 4.74 Å². The highest BCUT2D eigenvalue weighted by atomic mass is 79.9. The number of carbonyl (C=O) groups excluding carboxylic acids is 2. The first-order valence-corrected chi connectivity index (χ1v) is 7.64. The Labute approximate surface area is 141 Å². The van der Waals surface area contributed by atoms with Gasteiger partial charge in [-0.3, -0.25) is 15.0 Å². The molecule has 3 rings (SSSR count). The van der Waals surface area contributed by atoms with Crippen LogP contribution in [0.25, 0.3) is 6.08 Å². The number of hydrazine groups is 1. The van der Waals surface area contributed by atoms with Crippen molar-refractivity contribution in [1.29, 1.82) is 0 Å². The van der Waals surface area contributed by atoms with E-state index < -0.39 is 5.91 Å². The summed E-state index contributed by atoms with van der Waals surface area (Å²) < 4.78 is 6.04. The summed E-state index contributed by atoms with van der Waals surface area (Å²) in [6.07, 6.45) is 1.55. The molecule has 0 aliphatic carbocycles. The zero-order valence-corrected chi connectivity index (χ0v) is 13.8. The molecule has 0 bridgehead atoms. The number of methoxy groups -OCH3 is 1. The van der Waals surface area contributed by atoms with E-state index in [-0.39, 0.29) is 11.5 Å². The Kier molecular flexibility index (Phi) is 4.16. The molecule has 2 amide bonds. The third kappa shape index (κ3) is 3.12. The first kappa shape index (κ1) is 15.3. The van der Waals surface area contributed by atoms with Gasteiger partial charge in [0.05, 0.1) is 12.8 Å². The molecular weight excluding hydrogens is 360 g/mol. The highest BCUT2D eigenvalue weighted by Crippen LogP contribution is 2.24. The third-order valence-electron chi connectivity index (χ3n) is 3.38. The summed E-state index contributed by atoms with van der Waals surface area (Å²) >= 11 is 3.34. The van der Waals surface area contributed by atoms with Gasteiger partial charge in [-0.2, -0.15) is 0 Å². The normalized spacial score (nSPS) is 15.9. The molecular formula is C17H13BrN2O3. The van der Waals surface area contributed by atoms with Crippen LogP contribution in [0.4, 0.5) is 5.69 Å². The van der Waals surface area contributed by atoms with E-state index in [9.17, 15) is 9.59 Å². The van der Waals surface area contributed by atoms with Gasteiger partial charge in [0.1, 0.15) is 11.3 Å². The van der Waals surface area contributed by atoms with E-state index in [1.807, 2.05) is 0 Å². The Hall–Kier alpha value is -2.60. The van der Waals surface area contributed by atoms with Crippen LogP contribution in [0, 0.1) is 0 Å². The Balaban J connectivity index is 1.91.